The largest absolute Gasteiger partial charge is 0.384 e. The second-order valence-corrected chi connectivity index (χ2v) is 5.79. The average Bonchev–Trinajstić information content (AvgIpc) is 2.43. The van der Waals surface area contributed by atoms with Crippen molar-refractivity contribution in [2.45, 2.75) is 52.6 Å². The minimum Gasteiger partial charge on any atom is -0.384 e. The maximum atomic E-state index is 10.8. The molecule has 0 aliphatic heterocycles. The van der Waals surface area contributed by atoms with Gasteiger partial charge in [-0.25, -0.2) is 0 Å². The van der Waals surface area contributed by atoms with Gasteiger partial charge in [-0.15, -0.1) is 5.92 Å². The molecule has 0 spiro atoms. The standard InChI is InChI=1S/C18H23NO/c1-5-6-7-8-13-17(2,3)18(4,20)16-11-9-15(14-19)10-12-16/h9-12,20H,5-7H2,1-4H3/t18-/m1/s1. The van der Waals surface area contributed by atoms with Crippen LogP contribution < -0.4 is 0 Å². The van der Waals surface area contributed by atoms with Crippen molar-refractivity contribution in [1.82, 2.24) is 0 Å². The lowest BCUT2D eigenvalue weighted by Gasteiger charge is -2.36. The molecule has 0 heterocycles. The summed E-state index contributed by atoms with van der Waals surface area (Å²) in [6.45, 7) is 7.82. The Hall–Kier alpha value is -1.77. The maximum Gasteiger partial charge on any atom is 0.103 e. The molecule has 1 atom stereocenters. The maximum absolute atomic E-state index is 10.8. The van der Waals surface area contributed by atoms with Crippen molar-refractivity contribution in [3.8, 4) is 17.9 Å². The van der Waals surface area contributed by atoms with Gasteiger partial charge in [-0.2, -0.15) is 5.26 Å². The summed E-state index contributed by atoms with van der Waals surface area (Å²) < 4.78 is 0. The minimum absolute atomic E-state index is 0.547. The van der Waals surface area contributed by atoms with Crippen molar-refractivity contribution in [3.63, 3.8) is 0 Å². The number of hydrogen-bond acceptors (Lipinski definition) is 2. The Balaban J connectivity index is 2.99. The van der Waals surface area contributed by atoms with E-state index in [1.807, 2.05) is 13.8 Å². The van der Waals surface area contributed by atoms with Crippen molar-refractivity contribution < 1.29 is 5.11 Å². The molecule has 1 rings (SSSR count). The van der Waals surface area contributed by atoms with Gasteiger partial charge < -0.3 is 5.11 Å². The molecule has 0 bridgehead atoms. The molecule has 0 amide bonds. The molecule has 0 saturated heterocycles. The molecule has 0 aliphatic carbocycles. The first-order valence-corrected chi connectivity index (χ1v) is 7.08. The van der Waals surface area contributed by atoms with Gasteiger partial charge in [0.05, 0.1) is 17.0 Å². The van der Waals surface area contributed by atoms with Crippen LogP contribution in [0.2, 0.25) is 0 Å². The number of aliphatic hydroxyl groups is 1. The normalized spacial score (nSPS) is 13.8. The molecule has 0 saturated carbocycles. The highest BCUT2D eigenvalue weighted by atomic mass is 16.3. The lowest BCUT2D eigenvalue weighted by molar-refractivity contribution is -0.0257. The van der Waals surface area contributed by atoms with Crippen LogP contribution in [0.4, 0.5) is 0 Å². The molecular weight excluding hydrogens is 246 g/mol. The first kappa shape index (κ1) is 16.3. The molecule has 2 heteroatoms. The van der Waals surface area contributed by atoms with Gasteiger partial charge in [0, 0.05) is 6.42 Å². The summed E-state index contributed by atoms with van der Waals surface area (Å²) in [6, 6.07) is 9.14. The van der Waals surface area contributed by atoms with E-state index in [0.717, 1.165) is 24.8 Å². The SMILES string of the molecule is CCCCC#CC(C)(C)[C@](C)(O)c1ccc(C#N)cc1. The van der Waals surface area contributed by atoms with E-state index in [1.165, 1.54) is 0 Å². The molecule has 2 nitrogen and oxygen atoms in total. The van der Waals surface area contributed by atoms with Gasteiger partial charge in [0.25, 0.3) is 0 Å². The Labute approximate surface area is 122 Å². The van der Waals surface area contributed by atoms with Gasteiger partial charge in [-0.1, -0.05) is 31.4 Å². The van der Waals surface area contributed by atoms with Gasteiger partial charge in [-0.05, 0) is 44.9 Å². The van der Waals surface area contributed by atoms with Crippen LogP contribution in [-0.2, 0) is 5.60 Å². The van der Waals surface area contributed by atoms with Crippen molar-refractivity contribution in [2.24, 2.45) is 5.41 Å². The summed E-state index contributed by atoms with van der Waals surface area (Å²) in [5, 5.41) is 19.7. The Kier molecular flexibility index (Phi) is 5.37. The highest BCUT2D eigenvalue weighted by Crippen LogP contribution is 2.38. The van der Waals surface area contributed by atoms with Crippen molar-refractivity contribution in [2.75, 3.05) is 0 Å². The van der Waals surface area contributed by atoms with E-state index in [4.69, 9.17) is 5.26 Å². The third-order valence-electron chi connectivity index (χ3n) is 3.85. The Morgan fingerprint density at radius 3 is 2.25 bits per heavy atom. The third kappa shape index (κ3) is 3.62. The lowest BCUT2D eigenvalue weighted by atomic mass is 9.72. The van der Waals surface area contributed by atoms with E-state index in [-0.39, 0.29) is 0 Å². The molecule has 20 heavy (non-hydrogen) atoms. The number of unbranched alkanes of at least 4 members (excludes halogenated alkanes) is 2. The molecule has 0 fully saturated rings. The summed E-state index contributed by atoms with van der Waals surface area (Å²) in [4.78, 5) is 0. The average molecular weight is 269 g/mol. The monoisotopic (exact) mass is 269 g/mol. The second-order valence-electron chi connectivity index (χ2n) is 5.79. The summed E-state index contributed by atoms with van der Waals surface area (Å²) >= 11 is 0. The van der Waals surface area contributed by atoms with E-state index >= 15 is 0 Å². The molecule has 0 radical (unpaired) electrons. The quantitative estimate of drug-likeness (QED) is 0.663. The summed E-state index contributed by atoms with van der Waals surface area (Å²) in [5.41, 5.74) is -0.225. The number of hydrogen-bond donors (Lipinski definition) is 1. The van der Waals surface area contributed by atoms with E-state index in [2.05, 4.69) is 24.8 Å². The predicted molar refractivity (Wildman–Crippen MR) is 81.8 cm³/mol. The fraction of sp³-hybridized carbons (Fsp3) is 0.500. The smallest absolute Gasteiger partial charge is 0.103 e. The molecule has 1 aromatic rings. The van der Waals surface area contributed by atoms with E-state index in [0.29, 0.717) is 5.56 Å². The Morgan fingerprint density at radius 1 is 1.15 bits per heavy atom. The molecule has 0 unspecified atom stereocenters. The molecule has 0 aromatic heterocycles. The van der Waals surface area contributed by atoms with Crippen LogP contribution in [0.1, 0.15) is 58.1 Å². The van der Waals surface area contributed by atoms with Gasteiger partial charge in [0.2, 0.25) is 0 Å². The van der Waals surface area contributed by atoms with E-state index in [9.17, 15) is 5.11 Å². The van der Waals surface area contributed by atoms with Gasteiger partial charge in [-0.3, -0.25) is 0 Å². The molecule has 106 valence electrons. The number of rotatable bonds is 4. The zero-order chi connectivity index (χ0) is 15.2. The van der Waals surface area contributed by atoms with Crippen LogP contribution in [0.25, 0.3) is 0 Å². The zero-order valence-electron chi connectivity index (χ0n) is 12.8. The zero-order valence-corrected chi connectivity index (χ0v) is 12.8. The lowest BCUT2D eigenvalue weighted by Crippen LogP contribution is -2.38. The second kappa shape index (κ2) is 6.60. The summed E-state index contributed by atoms with van der Waals surface area (Å²) in [6.07, 6.45) is 3.08. The highest BCUT2D eigenvalue weighted by Gasteiger charge is 2.39. The number of nitriles is 1. The van der Waals surface area contributed by atoms with Crippen molar-refractivity contribution in [1.29, 1.82) is 5.26 Å². The Bertz CT molecular complexity index is 536. The fourth-order valence-corrected chi connectivity index (χ4v) is 1.90. The summed E-state index contributed by atoms with van der Waals surface area (Å²) in [7, 11) is 0. The molecule has 1 aromatic carbocycles. The van der Waals surface area contributed by atoms with Crippen LogP contribution in [0.3, 0.4) is 0 Å². The van der Waals surface area contributed by atoms with Crippen LogP contribution in [0, 0.1) is 28.6 Å². The number of benzene rings is 1. The first-order chi connectivity index (χ1) is 9.35. The minimum atomic E-state index is -1.06. The Morgan fingerprint density at radius 2 is 1.75 bits per heavy atom. The topological polar surface area (TPSA) is 44.0 Å². The first-order valence-electron chi connectivity index (χ1n) is 7.08. The highest BCUT2D eigenvalue weighted by molar-refractivity contribution is 5.36. The van der Waals surface area contributed by atoms with Crippen LogP contribution >= 0.6 is 0 Å². The van der Waals surface area contributed by atoms with Gasteiger partial charge in [0.1, 0.15) is 5.60 Å². The number of nitrogens with zero attached hydrogens (tertiary/aromatic N) is 1. The predicted octanol–water partition coefficient (Wildman–Crippen LogP) is 3.99. The van der Waals surface area contributed by atoms with Crippen LogP contribution in [-0.4, -0.2) is 5.11 Å². The van der Waals surface area contributed by atoms with Gasteiger partial charge >= 0.3 is 0 Å². The molecule has 0 aliphatic rings. The fourth-order valence-electron chi connectivity index (χ4n) is 1.90. The van der Waals surface area contributed by atoms with E-state index in [1.54, 1.807) is 31.2 Å². The molecular formula is C18H23NO. The third-order valence-corrected chi connectivity index (χ3v) is 3.85. The van der Waals surface area contributed by atoms with Crippen molar-refractivity contribution >= 4 is 0 Å². The van der Waals surface area contributed by atoms with Crippen molar-refractivity contribution in [3.05, 3.63) is 35.4 Å². The van der Waals surface area contributed by atoms with E-state index < -0.39 is 11.0 Å². The van der Waals surface area contributed by atoms with Gasteiger partial charge in [0.15, 0.2) is 0 Å². The van der Waals surface area contributed by atoms with Crippen LogP contribution in [0.5, 0.6) is 0 Å². The molecule has 1 N–H and O–H groups in total. The summed E-state index contributed by atoms with van der Waals surface area (Å²) in [5.74, 6) is 6.36. The van der Waals surface area contributed by atoms with Crippen LogP contribution in [0.15, 0.2) is 24.3 Å².